The molecular formula is C39H31B5N2. The lowest BCUT2D eigenvalue weighted by Crippen LogP contribution is -2.56. The van der Waals surface area contributed by atoms with Crippen molar-refractivity contribution in [1.29, 1.82) is 0 Å². The van der Waals surface area contributed by atoms with Crippen molar-refractivity contribution in [2.45, 2.75) is 0 Å². The Labute approximate surface area is 274 Å². The van der Waals surface area contributed by atoms with E-state index in [1.165, 1.54) is 76.8 Å². The van der Waals surface area contributed by atoms with E-state index in [0.717, 1.165) is 22.4 Å². The molecule has 46 heavy (non-hydrogen) atoms. The van der Waals surface area contributed by atoms with Gasteiger partial charge in [0.15, 0.2) is 0 Å². The number of benzene rings is 7. The minimum Gasteiger partial charge on any atom is -0.294 e. The molecule has 0 spiro atoms. The van der Waals surface area contributed by atoms with Gasteiger partial charge in [0.1, 0.15) is 45.1 Å². The van der Waals surface area contributed by atoms with Crippen molar-refractivity contribution in [2.75, 3.05) is 0 Å². The summed E-state index contributed by atoms with van der Waals surface area (Å²) >= 11 is 0. The summed E-state index contributed by atoms with van der Waals surface area (Å²) in [5.74, 6) is 0.964. The Kier molecular flexibility index (Phi) is 6.80. The maximum atomic E-state index is 5.40. The van der Waals surface area contributed by atoms with E-state index in [4.69, 9.17) is 4.98 Å². The molecule has 0 saturated carbocycles. The molecular weight excluding hydrogens is 551 g/mol. The van der Waals surface area contributed by atoms with Gasteiger partial charge in [0.05, 0.1) is 11.0 Å². The van der Waals surface area contributed by atoms with Gasteiger partial charge in [-0.05, 0) is 55.9 Å². The fraction of sp³-hybridized carbons (Fsp3) is 0. The average molecular weight is 582 g/mol. The molecule has 212 valence electrons. The molecule has 0 N–H and O–H groups in total. The largest absolute Gasteiger partial charge is 0.294 e. The average Bonchev–Trinajstić information content (AvgIpc) is 3.48. The minimum atomic E-state index is 0.964. The third kappa shape index (κ3) is 4.22. The van der Waals surface area contributed by atoms with E-state index in [0.29, 0.717) is 0 Å². The van der Waals surface area contributed by atoms with Crippen LogP contribution in [-0.2, 0) is 0 Å². The number of para-hydroxylation sites is 2. The first-order chi connectivity index (χ1) is 22.5. The van der Waals surface area contributed by atoms with E-state index >= 15 is 0 Å². The van der Waals surface area contributed by atoms with Gasteiger partial charge in [0.2, 0.25) is 0 Å². The smallest absolute Gasteiger partial charge is 0.146 e. The first kappa shape index (κ1) is 28.3. The van der Waals surface area contributed by atoms with Crippen molar-refractivity contribution >= 4 is 99.1 Å². The van der Waals surface area contributed by atoms with Crippen LogP contribution >= 0.6 is 0 Å². The molecule has 0 bridgehead atoms. The standard InChI is InChI=1S/C39H31B5N2/c40-33-34(41)36(43)38(37(44)35(33)42)46-30-21-11-10-20-29(30)45-39(46)28-19-9-8-18-27(28)32-25-16-6-4-14-23(25)31(22-12-2-1-3-13-22)24-15-5-7-17-26(24)32/h1-21H,40-44H2. The van der Waals surface area contributed by atoms with Crippen molar-refractivity contribution in [3.8, 4) is 39.3 Å². The first-order valence-corrected chi connectivity index (χ1v) is 16.1. The summed E-state index contributed by atoms with van der Waals surface area (Å²) in [4.78, 5) is 5.40. The van der Waals surface area contributed by atoms with Crippen molar-refractivity contribution in [1.82, 2.24) is 9.55 Å². The Hall–Kier alpha value is -5.15. The zero-order chi connectivity index (χ0) is 31.5. The Morgan fingerprint density at radius 2 is 0.870 bits per heavy atom. The molecule has 0 aliphatic rings. The lowest BCUT2D eigenvalue weighted by Gasteiger charge is -2.24. The number of fused-ring (bicyclic) bond motifs is 3. The van der Waals surface area contributed by atoms with Crippen LogP contribution < -0.4 is 27.3 Å². The summed E-state index contributed by atoms with van der Waals surface area (Å²) in [5, 5.41) is 4.98. The number of nitrogens with zero attached hydrogens (tertiary/aromatic N) is 2. The molecule has 1 aromatic heterocycles. The van der Waals surface area contributed by atoms with Gasteiger partial charge < -0.3 is 0 Å². The molecule has 2 nitrogen and oxygen atoms in total. The van der Waals surface area contributed by atoms with Gasteiger partial charge in [-0.15, -0.1) is 5.46 Å². The second-order valence-electron chi connectivity index (χ2n) is 12.5. The summed E-state index contributed by atoms with van der Waals surface area (Å²) in [7, 11) is 11.3. The second kappa shape index (κ2) is 11.0. The van der Waals surface area contributed by atoms with E-state index < -0.39 is 0 Å². The molecule has 0 atom stereocenters. The van der Waals surface area contributed by atoms with Crippen molar-refractivity contribution in [3.63, 3.8) is 0 Å². The third-order valence-corrected chi connectivity index (χ3v) is 10.2. The molecule has 0 aliphatic carbocycles. The van der Waals surface area contributed by atoms with E-state index in [-0.39, 0.29) is 0 Å². The fourth-order valence-electron chi connectivity index (χ4n) is 7.48. The summed E-state index contributed by atoms with van der Waals surface area (Å²) in [6.45, 7) is 0. The highest BCUT2D eigenvalue weighted by atomic mass is 15.1. The predicted octanol–water partition coefficient (Wildman–Crippen LogP) is 1.62. The number of aromatic nitrogens is 2. The second-order valence-corrected chi connectivity index (χ2v) is 12.5. The van der Waals surface area contributed by atoms with Gasteiger partial charge in [-0.1, -0.05) is 137 Å². The van der Waals surface area contributed by atoms with Crippen LogP contribution in [0.25, 0.3) is 71.9 Å². The molecule has 0 unspecified atom stereocenters. The SMILES string of the molecule is Bc1c(B)c(B)c(-n2c(-c3ccccc3-c3c4ccccc4c(-c4ccccc4)c4ccccc34)nc3ccccc32)c(B)c1B. The Bertz CT molecular complexity index is 2400. The molecule has 0 radical (unpaired) electrons. The highest BCUT2D eigenvalue weighted by Crippen LogP contribution is 2.46. The number of hydrogen-bond donors (Lipinski definition) is 0. The minimum absolute atomic E-state index is 0.964. The zero-order valence-electron chi connectivity index (χ0n) is 27.0. The summed E-state index contributed by atoms with van der Waals surface area (Å²) in [6, 6.07) is 45.9. The Morgan fingerprint density at radius 3 is 1.48 bits per heavy atom. The van der Waals surface area contributed by atoms with Gasteiger partial charge in [0, 0.05) is 11.3 Å². The van der Waals surface area contributed by atoms with Crippen molar-refractivity contribution < 1.29 is 0 Å². The third-order valence-electron chi connectivity index (χ3n) is 10.2. The van der Waals surface area contributed by atoms with Gasteiger partial charge >= 0.3 is 0 Å². The van der Waals surface area contributed by atoms with Crippen molar-refractivity contribution in [2.24, 2.45) is 0 Å². The first-order valence-electron chi connectivity index (χ1n) is 16.1. The maximum Gasteiger partial charge on any atom is 0.146 e. The molecule has 8 rings (SSSR count). The number of imidazole rings is 1. The number of rotatable bonds is 4. The van der Waals surface area contributed by atoms with Crippen LogP contribution in [0.5, 0.6) is 0 Å². The van der Waals surface area contributed by atoms with E-state index in [9.17, 15) is 0 Å². The summed E-state index contributed by atoms with van der Waals surface area (Å²) in [5.41, 5.74) is 16.0. The van der Waals surface area contributed by atoms with Crippen molar-refractivity contribution in [3.05, 3.63) is 127 Å². The maximum absolute atomic E-state index is 5.40. The predicted molar refractivity (Wildman–Crippen MR) is 213 cm³/mol. The Morgan fingerprint density at radius 1 is 0.413 bits per heavy atom. The molecule has 7 aromatic carbocycles. The van der Waals surface area contributed by atoms with E-state index in [1.807, 2.05) is 0 Å². The van der Waals surface area contributed by atoms with Gasteiger partial charge in [-0.25, -0.2) is 4.98 Å². The molecule has 1 heterocycles. The lowest BCUT2D eigenvalue weighted by molar-refractivity contribution is 1.12. The highest BCUT2D eigenvalue weighted by molar-refractivity contribution is 6.68. The van der Waals surface area contributed by atoms with E-state index in [1.54, 1.807) is 0 Å². The summed E-state index contributed by atoms with van der Waals surface area (Å²) in [6.07, 6.45) is 0. The topological polar surface area (TPSA) is 17.8 Å². The monoisotopic (exact) mass is 582 g/mol. The molecule has 8 aromatic rings. The molecule has 0 saturated heterocycles. The van der Waals surface area contributed by atoms with Crippen LogP contribution in [0.4, 0.5) is 0 Å². The van der Waals surface area contributed by atoms with Crippen LogP contribution in [0.1, 0.15) is 0 Å². The molecule has 7 heteroatoms. The number of hydrogen-bond acceptors (Lipinski definition) is 1. The van der Waals surface area contributed by atoms with Crippen LogP contribution in [0.3, 0.4) is 0 Å². The summed E-state index contributed by atoms with van der Waals surface area (Å²) < 4.78 is 2.42. The lowest BCUT2D eigenvalue weighted by atomic mass is 9.61. The Balaban J connectivity index is 1.51. The fourth-order valence-corrected chi connectivity index (χ4v) is 7.48. The molecule has 0 fully saturated rings. The van der Waals surface area contributed by atoms with Gasteiger partial charge in [-0.2, -0.15) is 0 Å². The zero-order valence-corrected chi connectivity index (χ0v) is 27.0. The van der Waals surface area contributed by atoms with Crippen LogP contribution in [0.15, 0.2) is 127 Å². The molecule has 0 amide bonds. The normalized spacial score (nSPS) is 11.5. The van der Waals surface area contributed by atoms with E-state index in [2.05, 4.69) is 171 Å². The molecule has 0 aliphatic heterocycles. The van der Waals surface area contributed by atoms with Crippen LogP contribution in [0, 0.1) is 0 Å². The highest BCUT2D eigenvalue weighted by Gasteiger charge is 2.24. The quantitative estimate of drug-likeness (QED) is 0.228. The van der Waals surface area contributed by atoms with Crippen LogP contribution in [0.2, 0.25) is 0 Å². The van der Waals surface area contributed by atoms with Crippen LogP contribution in [-0.4, -0.2) is 48.8 Å². The van der Waals surface area contributed by atoms with Gasteiger partial charge in [-0.3, -0.25) is 4.57 Å². The van der Waals surface area contributed by atoms with Gasteiger partial charge in [0.25, 0.3) is 0 Å².